The predicted octanol–water partition coefficient (Wildman–Crippen LogP) is 2.25. The number of benzene rings is 1. The molecule has 1 saturated heterocycles. The Morgan fingerprint density at radius 2 is 2.06 bits per heavy atom. The van der Waals surface area contributed by atoms with Crippen molar-refractivity contribution >= 4 is 5.97 Å². The van der Waals surface area contributed by atoms with Crippen LogP contribution in [0.5, 0.6) is 0 Å². The smallest absolute Gasteiger partial charge is 0.337 e. The molecule has 1 heterocycles. The second-order valence-corrected chi connectivity index (χ2v) is 4.59. The first-order valence-corrected chi connectivity index (χ1v) is 6.12. The first-order valence-electron chi connectivity index (χ1n) is 6.12. The highest BCUT2D eigenvalue weighted by Crippen LogP contribution is 2.28. The predicted molar refractivity (Wildman–Crippen MR) is 67.4 cm³/mol. The van der Waals surface area contributed by atoms with Crippen molar-refractivity contribution < 1.29 is 9.53 Å². The van der Waals surface area contributed by atoms with Gasteiger partial charge in [0.25, 0.3) is 0 Å². The molecule has 1 aliphatic heterocycles. The molecule has 0 amide bonds. The fourth-order valence-electron chi connectivity index (χ4n) is 2.46. The third-order valence-electron chi connectivity index (χ3n) is 3.48. The van der Waals surface area contributed by atoms with Crippen LogP contribution < -0.4 is 5.32 Å². The van der Waals surface area contributed by atoms with Gasteiger partial charge in [0.05, 0.1) is 12.7 Å². The Morgan fingerprint density at radius 3 is 2.71 bits per heavy atom. The van der Waals surface area contributed by atoms with Gasteiger partial charge in [0.15, 0.2) is 0 Å². The van der Waals surface area contributed by atoms with E-state index < -0.39 is 0 Å². The van der Waals surface area contributed by atoms with Crippen molar-refractivity contribution in [3.63, 3.8) is 0 Å². The van der Waals surface area contributed by atoms with Gasteiger partial charge in [-0.1, -0.05) is 6.07 Å². The minimum atomic E-state index is -0.250. The highest BCUT2D eigenvalue weighted by atomic mass is 16.5. The summed E-state index contributed by atoms with van der Waals surface area (Å²) in [6.07, 6.45) is 2.29. The Hall–Kier alpha value is -1.35. The molecule has 1 N–H and O–H groups in total. The molecule has 0 spiro atoms. The van der Waals surface area contributed by atoms with E-state index >= 15 is 0 Å². The van der Waals surface area contributed by atoms with E-state index in [0.717, 1.165) is 25.9 Å². The molecule has 0 atom stereocenters. The lowest BCUT2D eigenvalue weighted by Gasteiger charge is -2.24. The van der Waals surface area contributed by atoms with Gasteiger partial charge in [-0.3, -0.25) is 0 Å². The maximum absolute atomic E-state index is 11.5. The lowest BCUT2D eigenvalue weighted by molar-refractivity contribution is 0.0600. The Labute approximate surface area is 102 Å². The second kappa shape index (κ2) is 5.32. The Bertz CT molecular complexity index is 409. The van der Waals surface area contributed by atoms with E-state index in [1.54, 1.807) is 0 Å². The molecule has 3 heteroatoms. The highest BCUT2D eigenvalue weighted by molar-refractivity contribution is 5.89. The number of ether oxygens (including phenoxy) is 1. The summed E-state index contributed by atoms with van der Waals surface area (Å²) >= 11 is 0. The van der Waals surface area contributed by atoms with Crippen LogP contribution >= 0.6 is 0 Å². The van der Waals surface area contributed by atoms with E-state index in [0.29, 0.717) is 11.5 Å². The SMILES string of the molecule is COC(=O)c1ccc(C)c(C2CCNCC2)c1. The normalized spacial score (nSPS) is 16.8. The molecule has 1 aliphatic rings. The number of nitrogens with one attached hydrogen (secondary N) is 1. The summed E-state index contributed by atoms with van der Waals surface area (Å²) in [6.45, 7) is 4.23. The summed E-state index contributed by atoms with van der Waals surface area (Å²) in [7, 11) is 1.42. The van der Waals surface area contributed by atoms with E-state index in [4.69, 9.17) is 4.74 Å². The summed E-state index contributed by atoms with van der Waals surface area (Å²) in [4.78, 5) is 11.5. The largest absolute Gasteiger partial charge is 0.465 e. The van der Waals surface area contributed by atoms with Gasteiger partial charge in [-0.05, 0) is 62.0 Å². The summed E-state index contributed by atoms with van der Waals surface area (Å²) in [5.74, 6) is 0.320. The molecule has 0 unspecified atom stereocenters. The number of carbonyl (C=O) groups is 1. The average Bonchev–Trinajstić information content (AvgIpc) is 2.39. The maximum atomic E-state index is 11.5. The molecule has 0 aliphatic carbocycles. The Morgan fingerprint density at radius 1 is 1.35 bits per heavy atom. The number of aryl methyl sites for hydroxylation is 1. The van der Waals surface area contributed by atoms with Gasteiger partial charge < -0.3 is 10.1 Å². The van der Waals surface area contributed by atoms with Crippen molar-refractivity contribution in [2.75, 3.05) is 20.2 Å². The molecule has 3 nitrogen and oxygen atoms in total. The van der Waals surface area contributed by atoms with Crippen molar-refractivity contribution in [1.82, 2.24) is 5.32 Å². The number of piperidine rings is 1. The topological polar surface area (TPSA) is 38.3 Å². The van der Waals surface area contributed by atoms with Crippen LogP contribution in [-0.4, -0.2) is 26.2 Å². The van der Waals surface area contributed by atoms with Crippen LogP contribution in [0.2, 0.25) is 0 Å². The van der Waals surface area contributed by atoms with E-state index in [1.165, 1.54) is 18.2 Å². The zero-order valence-corrected chi connectivity index (χ0v) is 10.5. The van der Waals surface area contributed by atoms with Crippen molar-refractivity contribution in [3.05, 3.63) is 34.9 Å². The van der Waals surface area contributed by atoms with Gasteiger partial charge in [-0.15, -0.1) is 0 Å². The molecular weight excluding hydrogens is 214 g/mol. The lowest BCUT2D eigenvalue weighted by atomic mass is 9.86. The minimum absolute atomic E-state index is 0.250. The number of hydrogen-bond donors (Lipinski definition) is 1. The van der Waals surface area contributed by atoms with Gasteiger partial charge in [0, 0.05) is 0 Å². The molecule has 1 aromatic carbocycles. The molecular formula is C14H19NO2. The monoisotopic (exact) mass is 233 g/mol. The second-order valence-electron chi connectivity index (χ2n) is 4.59. The maximum Gasteiger partial charge on any atom is 0.337 e. The summed E-state index contributed by atoms with van der Waals surface area (Å²) < 4.78 is 4.77. The van der Waals surface area contributed by atoms with Crippen LogP contribution in [0, 0.1) is 6.92 Å². The lowest BCUT2D eigenvalue weighted by Crippen LogP contribution is -2.27. The number of hydrogen-bond acceptors (Lipinski definition) is 3. The van der Waals surface area contributed by atoms with Gasteiger partial charge in [0.1, 0.15) is 0 Å². The number of rotatable bonds is 2. The average molecular weight is 233 g/mol. The zero-order valence-electron chi connectivity index (χ0n) is 10.5. The summed E-state index contributed by atoms with van der Waals surface area (Å²) in [6, 6.07) is 5.85. The van der Waals surface area contributed by atoms with Crippen LogP contribution in [0.15, 0.2) is 18.2 Å². The van der Waals surface area contributed by atoms with E-state index in [-0.39, 0.29) is 5.97 Å². The van der Waals surface area contributed by atoms with Crippen molar-refractivity contribution in [2.45, 2.75) is 25.7 Å². The third kappa shape index (κ3) is 2.67. The van der Waals surface area contributed by atoms with Gasteiger partial charge in [0.2, 0.25) is 0 Å². The number of esters is 1. The highest BCUT2D eigenvalue weighted by Gasteiger charge is 2.18. The number of carbonyl (C=O) groups excluding carboxylic acids is 1. The quantitative estimate of drug-likeness (QED) is 0.796. The van der Waals surface area contributed by atoms with Crippen molar-refractivity contribution in [1.29, 1.82) is 0 Å². The van der Waals surface area contributed by atoms with E-state index in [9.17, 15) is 4.79 Å². The molecule has 1 aromatic rings. The van der Waals surface area contributed by atoms with Crippen molar-refractivity contribution in [2.24, 2.45) is 0 Å². The van der Waals surface area contributed by atoms with E-state index in [2.05, 4.69) is 12.2 Å². The molecule has 17 heavy (non-hydrogen) atoms. The van der Waals surface area contributed by atoms with Gasteiger partial charge >= 0.3 is 5.97 Å². The molecule has 2 rings (SSSR count). The van der Waals surface area contributed by atoms with Gasteiger partial charge in [-0.25, -0.2) is 4.79 Å². The van der Waals surface area contributed by atoms with Crippen LogP contribution in [-0.2, 0) is 4.74 Å². The minimum Gasteiger partial charge on any atom is -0.465 e. The summed E-state index contributed by atoms with van der Waals surface area (Å²) in [5, 5.41) is 3.36. The molecule has 92 valence electrons. The fraction of sp³-hybridized carbons (Fsp3) is 0.500. The van der Waals surface area contributed by atoms with Crippen LogP contribution in [0.3, 0.4) is 0 Å². The number of methoxy groups -OCH3 is 1. The van der Waals surface area contributed by atoms with Crippen LogP contribution in [0.1, 0.15) is 40.2 Å². The first-order chi connectivity index (χ1) is 8.22. The molecule has 0 bridgehead atoms. The van der Waals surface area contributed by atoms with Gasteiger partial charge in [-0.2, -0.15) is 0 Å². The molecule has 1 fully saturated rings. The standard InChI is InChI=1S/C14H19NO2/c1-10-3-4-12(14(16)17-2)9-13(10)11-5-7-15-8-6-11/h3-4,9,11,15H,5-8H2,1-2H3. The fourth-order valence-corrected chi connectivity index (χ4v) is 2.46. The Kier molecular flexibility index (Phi) is 3.79. The van der Waals surface area contributed by atoms with Crippen LogP contribution in [0.4, 0.5) is 0 Å². The molecule has 0 saturated carbocycles. The molecule has 0 radical (unpaired) electrons. The van der Waals surface area contributed by atoms with Crippen LogP contribution in [0.25, 0.3) is 0 Å². The summed E-state index contributed by atoms with van der Waals surface area (Å²) in [5.41, 5.74) is 3.23. The third-order valence-corrected chi connectivity index (χ3v) is 3.48. The molecule has 0 aromatic heterocycles. The Balaban J connectivity index is 2.28. The zero-order chi connectivity index (χ0) is 12.3. The van der Waals surface area contributed by atoms with Crippen molar-refractivity contribution in [3.8, 4) is 0 Å². The first kappa shape index (κ1) is 12.1. The van der Waals surface area contributed by atoms with E-state index in [1.807, 2.05) is 18.2 Å².